The number of halogens is 1. The van der Waals surface area contributed by atoms with Crippen molar-refractivity contribution in [3.05, 3.63) is 28.2 Å². The van der Waals surface area contributed by atoms with Crippen molar-refractivity contribution in [1.29, 1.82) is 0 Å². The zero-order valence-corrected chi connectivity index (χ0v) is 13.1. The van der Waals surface area contributed by atoms with Gasteiger partial charge in [0.1, 0.15) is 5.75 Å². The van der Waals surface area contributed by atoms with Crippen LogP contribution in [0.2, 0.25) is 0 Å². The Morgan fingerprint density at radius 1 is 1.58 bits per heavy atom. The first kappa shape index (κ1) is 14.8. The van der Waals surface area contributed by atoms with Gasteiger partial charge in [-0.2, -0.15) is 0 Å². The third-order valence-electron chi connectivity index (χ3n) is 4.37. The Kier molecular flexibility index (Phi) is 4.54. The number of benzene rings is 1. The second-order valence-corrected chi connectivity index (χ2v) is 6.56. The van der Waals surface area contributed by atoms with Gasteiger partial charge >= 0.3 is 0 Å². The van der Waals surface area contributed by atoms with Crippen LogP contribution >= 0.6 is 15.9 Å². The molecule has 1 aliphatic rings. The van der Waals surface area contributed by atoms with E-state index in [0.717, 1.165) is 35.0 Å². The Balaban J connectivity index is 2.34. The molecule has 3 unspecified atom stereocenters. The monoisotopic (exact) mass is 327 g/mol. The first-order chi connectivity index (χ1) is 9.02. The summed E-state index contributed by atoms with van der Waals surface area (Å²) in [7, 11) is 1.63. The Labute approximate surface area is 123 Å². The third kappa shape index (κ3) is 2.81. The zero-order chi connectivity index (χ0) is 14.0. The summed E-state index contributed by atoms with van der Waals surface area (Å²) in [5.74, 6) is 1.39. The van der Waals surface area contributed by atoms with Gasteiger partial charge in [0.05, 0.1) is 13.2 Å². The smallest absolute Gasteiger partial charge is 0.119 e. The summed E-state index contributed by atoms with van der Waals surface area (Å²) in [6, 6.07) is 5.70. The summed E-state index contributed by atoms with van der Waals surface area (Å²) in [6.07, 6.45) is 2.55. The van der Waals surface area contributed by atoms with Gasteiger partial charge in [0.2, 0.25) is 0 Å². The number of ether oxygens (including phenoxy) is 1. The van der Waals surface area contributed by atoms with E-state index in [1.807, 2.05) is 18.2 Å². The van der Waals surface area contributed by atoms with Gasteiger partial charge in [0.25, 0.3) is 0 Å². The molecule has 3 nitrogen and oxygen atoms in total. The van der Waals surface area contributed by atoms with Gasteiger partial charge in [-0.05, 0) is 42.5 Å². The molecule has 4 heteroatoms. The van der Waals surface area contributed by atoms with Crippen molar-refractivity contribution >= 4 is 15.9 Å². The molecule has 0 saturated heterocycles. The highest BCUT2D eigenvalue weighted by atomic mass is 79.9. The maximum Gasteiger partial charge on any atom is 0.119 e. The molecule has 0 heterocycles. The van der Waals surface area contributed by atoms with Crippen molar-refractivity contribution in [3.63, 3.8) is 0 Å². The van der Waals surface area contributed by atoms with Crippen molar-refractivity contribution < 1.29 is 9.84 Å². The first-order valence-electron chi connectivity index (χ1n) is 6.74. The number of nitrogens with two attached hydrogens (primary N) is 1. The van der Waals surface area contributed by atoms with Gasteiger partial charge in [-0.15, -0.1) is 0 Å². The molecule has 0 aliphatic heterocycles. The number of methoxy groups -OCH3 is 1. The predicted molar refractivity (Wildman–Crippen MR) is 80.2 cm³/mol. The average Bonchev–Trinajstić information content (AvgIpc) is 2.81. The van der Waals surface area contributed by atoms with Crippen LogP contribution in [0.25, 0.3) is 0 Å². The SMILES string of the molecule is COc1ccc(Br)c(C(O)C2(CN)CCC(C)C2)c1. The third-order valence-corrected chi connectivity index (χ3v) is 5.10. The molecule has 0 bridgehead atoms. The van der Waals surface area contributed by atoms with Crippen molar-refractivity contribution in [1.82, 2.24) is 0 Å². The molecule has 3 atom stereocenters. The van der Waals surface area contributed by atoms with E-state index in [0.29, 0.717) is 12.5 Å². The second kappa shape index (κ2) is 5.81. The maximum absolute atomic E-state index is 10.8. The van der Waals surface area contributed by atoms with Gasteiger partial charge in [-0.3, -0.25) is 0 Å². The molecule has 0 spiro atoms. The fraction of sp³-hybridized carbons (Fsp3) is 0.600. The van der Waals surface area contributed by atoms with Crippen molar-refractivity contribution in [2.75, 3.05) is 13.7 Å². The molecular formula is C15H22BrNO2. The van der Waals surface area contributed by atoms with E-state index < -0.39 is 6.10 Å². The highest BCUT2D eigenvalue weighted by Crippen LogP contribution is 2.50. The Morgan fingerprint density at radius 3 is 2.84 bits per heavy atom. The minimum atomic E-state index is -0.549. The van der Waals surface area contributed by atoms with Crippen LogP contribution in [0.15, 0.2) is 22.7 Å². The molecule has 0 amide bonds. The molecule has 106 valence electrons. The summed E-state index contributed by atoms with van der Waals surface area (Å²) >= 11 is 3.52. The van der Waals surface area contributed by atoms with E-state index in [-0.39, 0.29) is 5.41 Å². The van der Waals surface area contributed by atoms with E-state index in [1.165, 1.54) is 0 Å². The van der Waals surface area contributed by atoms with Crippen LogP contribution in [0.1, 0.15) is 37.9 Å². The van der Waals surface area contributed by atoms with Gasteiger partial charge in [-0.1, -0.05) is 29.3 Å². The molecule has 1 saturated carbocycles. The van der Waals surface area contributed by atoms with Gasteiger partial charge in [-0.25, -0.2) is 0 Å². The van der Waals surface area contributed by atoms with Gasteiger partial charge in [0, 0.05) is 16.4 Å². The molecule has 0 radical (unpaired) electrons. The summed E-state index contributed by atoms with van der Waals surface area (Å²) in [5.41, 5.74) is 6.66. The van der Waals surface area contributed by atoms with E-state index in [4.69, 9.17) is 10.5 Å². The quantitative estimate of drug-likeness (QED) is 0.892. The fourth-order valence-corrected chi connectivity index (χ4v) is 3.63. The maximum atomic E-state index is 10.8. The van der Waals surface area contributed by atoms with E-state index in [1.54, 1.807) is 7.11 Å². The molecule has 1 fully saturated rings. The van der Waals surface area contributed by atoms with E-state index >= 15 is 0 Å². The summed E-state index contributed by atoms with van der Waals surface area (Å²) < 4.78 is 6.16. The number of hydrogen-bond acceptors (Lipinski definition) is 3. The number of hydrogen-bond donors (Lipinski definition) is 2. The lowest BCUT2D eigenvalue weighted by Gasteiger charge is -2.34. The summed E-state index contributed by atoms with van der Waals surface area (Å²) in [4.78, 5) is 0. The highest BCUT2D eigenvalue weighted by Gasteiger charge is 2.43. The Morgan fingerprint density at radius 2 is 2.32 bits per heavy atom. The second-order valence-electron chi connectivity index (χ2n) is 5.70. The van der Waals surface area contributed by atoms with Gasteiger partial charge < -0.3 is 15.6 Å². The highest BCUT2D eigenvalue weighted by molar-refractivity contribution is 9.10. The molecule has 0 aromatic heterocycles. The minimum absolute atomic E-state index is 0.200. The first-order valence-corrected chi connectivity index (χ1v) is 7.53. The average molecular weight is 328 g/mol. The lowest BCUT2D eigenvalue weighted by atomic mass is 9.77. The van der Waals surface area contributed by atoms with Crippen LogP contribution in [-0.2, 0) is 0 Å². The Bertz CT molecular complexity index is 452. The van der Waals surface area contributed by atoms with Crippen molar-refractivity contribution in [3.8, 4) is 5.75 Å². The van der Waals surface area contributed by atoms with Crippen LogP contribution in [0.5, 0.6) is 5.75 Å². The Hall–Kier alpha value is -0.580. The number of aliphatic hydroxyl groups is 1. The van der Waals surface area contributed by atoms with Crippen LogP contribution in [0.4, 0.5) is 0 Å². The van der Waals surface area contributed by atoms with Gasteiger partial charge in [0.15, 0.2) is 0 Å². The van der Waals surface area contributed by atoms with E-state index in [2.05, 4.69) is 22.9 Å². The summed E-state index contributed by atoms with van der Waals surface area (Å²) in [6.45, 7) is 2.74. The van der Waals surface area contributed by atoms with Crippen molar-refractivity contribution in [2.24, 2.45) is 17.1 Å². The predicted octanol–water partition coefficient (Wildman–Crippen LogP) is 3.26. The topological polar surface area (TPSA) is 55.5 Å². The van der Waals surface area contributed by atoms with Crippen LogP contribution < -0.4 is 10.5 Å². The van der Waals surface area contributed by atoms with Crippen LogP contribution in [-0.4, -0.2) is 18.8 Å². The lowest BCUT2D eigenvalue weighted by Crippen LogP contribution is -2.34. The standard InChI is InChI=1S/C15H22BrNO2/c1-10-5-6-15(8-10,9-17)14(18)12-7-11(19-2)3-4-13(12)16/h3-4,7,10,14,18H,5-6,8-9,17H2,1-2H3. The molecule has 1 aliphatic carbocycles. The van der Waals surface area contributed by atoms with Crippen LogP contribution in [0.3, 0.4) is 0 Å². The lowest BCUT2D eigenvalue weighted by molar-refractivity contribution is 0.0301. The molecule has 2 rings (SSSR count). The molecular weight excluding hydrogens is 306 g/mol. The van der Waals surface area contributed by atoms with E-state index in [9.17, 15) is 5.11 Å². The van der Waals surface area contributed by atoms with Crippen LogP contribution in [0, 0.1) is 11.3 Å². The molecule has 3 N–H and O–H groups in total. The minimum Gasteiger partial charge on any atom is -0.497 e. The van der Waals surface area contributed by atoms with Crippen molar-refractivity contribution in [2.45, 2.75) is 32.3 Å². The zero-order valence-electron chi connectivity index (χ0n) is 11.5. The fourth-order valence-electron chi connectivity index (χ4n) is 3.17. The molecule has 19 heavy (non-hydrogen) atoms. The molecule has 1 aromatic carbocycles. The largest absolute Gasteiger partial charge is 0.497 e. The number of aliphatic hydroxyl groups excluding tert-OH is 1. The normalized spacial score (nSPS) is 28.4. The summed E-state index contributed by atoms with van der Waals surface area (Å²) in [5, 5.41) is 10.8. The number of rotatable bonds is 4. The molecule has 1 aromatic rings.